The Morgan fingerprint density at radius 2 is 2.35 bits per heavy atom. The van der Waals surface area contributed by atoms with Gasteiger partial charge >= 0.3 is 0 Å². The first-order chi connectivity index (χ1) is 8.31. The van der Waals surface area contributed by atoms with Crippen molar-refractivity contribution in [2.75, 3.05) is 5.32 Å². The van der Waals surface area contributed by atoms with Crippen molar-refractivity contribution in [2.24, 2.45) is 0 Å². The zero-order chi connectivity index (χ0) is 11.7. The van der Waals surface area contributed by atoms with Gasteiger partial charge in [-0.1, -0.05) is 0 Å². The monoisotopic (exact) mass is 293 g/mol. The van der Waals surface area contributed by atoms with Crippen molar-refractivity contribution in [1.29, 1.82) is 0 Å². The second-order valence-electron chi connectivity index (χ2n) is 3.39. The Morgan fingerprint density at radius 1 is 1.41 bits per heavy atom. The van der Waals surface area contributed by atoms with E-state index in [4.69, 9.17) is 4.42 Å². The molecule has 0 aliphatic carbocycles. The second-order valence-corrected chi connectivity index (χ2v) is 4.14. The molecule has 7 heteroatoms. The molecule has 3 rings (SSSR count). The van der Waals surface area contributed by atoms with Crippen molar-refractivity contribution in [1.82, 2.24) is 19.9 Å². The van der Waals surface area contributed by atoms with Crippen molar-refractivity contribution in [3.8, 4) is 0 Å². The molecule has 3 aromatic heterocycles. The summed E-state index contributed by atoms with van der Waals surface area (Å²) in [6, 6.07) is 3.72. The van der Waals surface area contributed by atoms with Gasteiger partial charge in [-0.2, -0.15) is 4.98 Å². The predicted octanol–water partition coefficient (Wildman–Crippen LogP) is 2.32. The van der Waals surface area contributed by atoms with Crippen LogP contribution in [0.2, 0.25) is 0 Å². The lowest BCUT2D eigenvalue weighted by molar-refractivity contribution is 0.517. The van der Waals surface area contributed by atoms with E-state index in [2.05, 4.69) is 41.2 Å². The van der Waals surface area contributed by atoms with Gasteiger partial charge < -0.3 is 14.7 Å². The summed E-state index contributed by atoms with van der Waals surface area (Å²) in [6.45, 7) is 0.546. The topological polar surface area (TPSA) is 79.6 Å². The van der Waals surface area contributed by atoms with Gasteiger partial charge in [0.25, 0.3) is 0 Å². The average Bonchev–Trinajstić information content (AvgIpc) is 2.92. The van der Waals surface area contributed by atoms with Crippen LogP contribution in [0.15, 0.2) is 33.7 Å². The van der Waals surface area contributed by atoms with Crippen molar-refractivity contribution >= 4 is 33.0 Å². The molecule has 0 unspecified atom stereocenters. The lowest BCUT2D eigenvalue weighted by Gasteiger charge is -2.01. The van der Waals surface area contributed by atoms with E-state index in [1.165, 1.54) is 0 Å². The summed E-state index contributed by atoms with van der Waals surface area (Å²) in [5, 5.41) is 3.06. The zero-order valence-corrected chi connectivity index (χ0v) is 10.2. The maximum absolute atomic E-state index is 5.20. The quantitative estimate of drug-likeness (QED) is 0.725. The summed E-state index contributed by atoms with van der Waals surface area (Å²) >= 11 is 3.25. The highest BCUT2D eigenvalue weighted by Crippen LogP contribution is 2.13. The van der Waals surface area contributed by atoms with E-state index in [1.807, 2.05) is 12.1 Å². The zero-order valence-electron chi connectivity index (χ0n) is 8.64. The van der Waals surface area contributed by atoms with E-state index in [0.29, 0.717) is 22.9 Å². The van der Waals surface area contributed by atoms with Gasteiger partial charge in [0.1, 0.15) is 11.3 Å². The molecule has 2 N–H and O–H groups in total. The molecule has 0 saturated heterocycles. The summed E-state index contributed by atoms with van der Waals surface area (Å²) in [7, 11) is 0. The minimum Gasteiger partial charge on any atom is -0.467 e. The van der Waals surface area contributed by atoms with Crippen LogP contribution in [0.25, 0.3) is 11.2 Å². The van der Waals surface area contributed by atoms with Gasteiger partial charge in [0.15, 0.2) is 10.4 Å². The second kappa shape index (κ2) is 4.17. The van der Waals surface area contributed by atoms with Crippen molar-refractivity contribution < 1.29 is 4.42 Å². The maximum atomic E-state index is 5.20. The summed E-state index contributed by atoms with van der Waals surface area (Å²) in [4.78, 5) is 15.6. The lowest BCUT2D eigenvalue weighted by Crippen LogP contribution is -2.02. The third kappa shape index (κ3) is 2.14. The highest BCUT2D eigenvalue weighted by molar-refractivity contribution is 9.10. The normalized spacial score (nSPS) is 10.9. The molecule has 3 heterocycles. The molecule has 0 bridgehead atoms. The molecule has 0 amide bonds. The average molecular weight is 294 g/mol. The van der Waals surface area contributed by atoms with Crippen LogP contribution in [0.5, 0.6) is 0 Å². The van der Waals surface area contributed by atoms with Crippen LogP contribution in [0.1, 0.15) is 5.76 Å². The van der Waals surface area contributed by atoms with Crippen molar-refractivity contribution in [3.63, 3.8) is 0 Å². The molecule has 0 radical (unpaired) electrons. The SMILES string of the molecule is Brc1nc2nc(NCc3ccco3)ncc2[nH]1. The number of aromatic nitrogens is 4. The summed E-state index contributed by atoms with van der Waals surface area (Å²) < 4.78 is 5.84. The Bertz CT molecular complexity index is 633. The van der Waals surface area contributed by atoms with E-state index < -0.39 is 0 Å². The predicted molar refractivity (Wildman–Crippen MR) is 65.4 cm³/mol. The van der Waals surface area contributed by atoms with Crippen LogP contribution >= 0.6 is 15.9 Å². The molecule has 0 aromatic carbocycles. The number of nitrogens with zero attached hydrogens (tertiary/aromatic N) is 3. The first kappa shape index (κ1) is 10.3. The first-order valence-electron chi connectivity index (χ1n) is 4.96. The Kier molecular flexibility index (Phi) is 2.52. The Labute approximate surface area is 105 Å². The molecular weight excluding hydrogens is 286 g/mol. The van der Waals surface area contributed by atoms with Crippen molar-refractivity contribution in [2.45, 2.75) is 6.54 Å². The summed E-state index contributed by atoms with van der Waals surface area (Å²) in [6.07, 6.45) is 3.32. The number of H-pyrrole nitrogens is 1. The number of furan rings is 1. The fourth-order valence-corrected chi connectivity index (χ4v) is 1.82. The van der Waals surface area contributed by atoms with Gasteiger partial charge in [0.2, 0.25) is 5.95 Å². The highest BCUT2D eigenvalue weighted by Gasteiger charge is 2.04. The molecule has 0 aliphatic heterocycles. The van der Waals surface area contributed by atoms with E-state index in [0.717, 1.165) is 11.3 Å². The Balaban J connectivity index is 1.81. The Hall–Kier alpha value is -1.89. The number of rotatable bonds is 3. The van der Waals surface area contributed by atoms with Gasteiger partial charge in [-0.25, -0.2) is 9.97 Å². The number of nitrogens with one attached hydrogen (secondary N) is 2. The van der Waals surface area contributed by atoms with Crippen LogP contribution in [-0.2, 0) is 6.54 Å². The van der Waals surface area contributed by atoms with E-state index >= 15 is 0 Å². The molecule has 17 heavy (non-hydrogen) atoms. The molecule has 0 saturated carbocycles. The fourth-order valence-electron chi connectivity index (χ4n) is 1.44. The highest BCUT2D eigenvalue weighted by atomic mass is 79.9. The van der Waals surface area contributed by atoms with E-state index in [-0.39, 0.29) is 0 Å². The molecule has 3 aromatic rings. The Morgan fingerprint density at radius 3 is 3.18 bits per heavy atom. The lowest BCUT2D eigenvalue weighted by atomic mass is 10.4. The maximum Gasteiger partial charge on any atom is 0.225 e. The van der Waals surface area contributed by atoms with Crippen LogP contribution in [0.4, 0.5) is 5.95 Å². The molecule has 0 spiro atoms. The third-order valence-electron chi connectivity index (χ3n) is 2.21. The van der Waals surface area contributed by atoms with Crippen LogP contribution in [0, 0.1) is 0 Å². The number of anilines is 1. The molecule has 0 atom stereocenters. The number of aromatic amines is 1. The minimum absolute atomic E-state index is 0.521. The summed E-state index contributed by atoms with van der Waals surface area (Å²) in [5.41, 5.74) is 1.41. The number of hydrogen-bond donors (Lipinski definition) is 2. The van der Waals surface area contributed by atoms with Gasteiger partial charge in [0, 0.05) is 0 Å². The first-order valence-corrected chi connectivity index (χ1v) is 5.75. The summed E-state index contributed by atoms with van der Waals surface area (Å²) in [5.74, 6) is 1.35. The number of imidazole rings is 1. The van der Waals surface area contributed by atoms with Crippen molar-refractivity contribution in [3.05, 3.63) is 35.1 Å². The van der Waals surface area contributed by atoms with Crippen LogP contribution in [-0.4, -0.2) is 19.9 Å². The molecule has 86 valence electrons. The number of hydrogen-bond acceptors (Lipinski definition) is 5. The van der Waals surface area contributed by atoms with E-state index in [1.54, 1.807) is 12.5 Å². The minimum atomic E-state index is 0.521. The molecule has 0 aliphatic rings. The van der Waals surface area contributed by atoms with Crippen LogP contribution < -0.4 is 5.32 Å². The smallest absolute Gasteiger partial charge is 0.225 e. The van der Waals surface area contributed by atoms with Gasteiger partial charge in [-0.3, -0.25) is 0 Å². The van der Waals surface area contributed by atoms with Gasteiger partial charge in [0.05, 0.1) is 19.0 Å². The van der Waals surface area contributed by atoms with Crippen LogP contribution in [0.3, 0.4) is 0 Å². The van der Waals surface area contributed by atoms with Gasteiger partial charge in [-0.15, -0.1) is 0 Å². The molecule has 0 fully saturated rings. The number of fused-ring (bicyclic) bond motifs is 1. The number of halogens is 1. The molecule has 6 nitrogen and oxygen atoms in total. The van der Waals surface area contributed by atoms with E-state index in [9.17, 15) is 0 Å². The fraction of sp³-hybridized carbons (Fsp3) is 0.100. The standard InChI is InChI=1S/C10H8BrN5O/c11-9-14-7-5-13-10(16-8(7)15-9)12-4-6-2-1-3-17-6/h1-3,5H,4H2,(H2,12,13,14,15,16). The third-order valence-corrected chi connectivity index (χ3v) is 2.59. The molecular formula is C10H8BrN5O. The largest absolute Gasteiger partial charge is 0.467 e. The van der Waals surface area contributed by atoms with Gasteiger partial charge in [-0.05, 0) is 28.1 Å².